The van der Waals surface area contributed by atoms with E-state index in [1.54, 1.807) is 52.4 Å². The summed E-state index contributed by atoms with van der Waals surface area (Å²) < 4.78 is 1.65. The average molecular weight is 980 g/mol. The molecule has 8 atom stereocenters. The minimum absolute atomic E-state index is 0.000761. The molecule has 0 bridgehead atoms. The van der Waals surface area contributed by atoms with E-state index in [-0.39, 0.29) is 38.0 Å². The quantitative estimate of drug-likeness (QED) is 0.0407. The number of aromatic nitrogens is 3. The molecule has 0 saturated heterocycles. The van der Waals surface area contributed by atoms with Crippen LogP contribution in [0.5, 0.6) is 0 Å². The van der Waals surface area contributed by atoms with Crippen molar-refractivity contribution >= 4 is 64.1 Å². The number of rotatable bonds is 27. The van der Waals surface area contributed by atoms with E-state index in [9.17, 15) is 48.3 Å². The third kappa shape index (κ3) is 17.9. The summed E-state index contributed by atoms with van der Waals surface area (Å²) in [5.74, 6) is -7.07. The van der Waals surface area contributed by atoms with Crippen LogP contribution in [-0.2, 0) is 63.0 Å². The number of nitrogens with zero attached hydrogens (tertiary/aromatic N) is 2. The Kier molecular flexibility index (Phi) is 21.5. The molecule has 3 rings (SSSR count). The number of amides is 9. The number of para-hydroxylation sites is 1. The molecular formula is C47H73N13O10. The summed E-state index contributed by atoms with van der Waals surface area (Å²) in [6.45, 7) is 13.0. The van der Waals surface area contributed by atoms with E-state index in [2.05, 4.69) is 47.2 Å². The smallest absolute Gasteiger partial charge is 0.243 e. The average Bonchev–Trinajstić information content (AvgIpc) is 3.88. The topological polar surface area (TPSA) is 370 Å². The number of H-pyrrole nitrogens is 1. The van der Waals surface area contributed by atoms with Gasteiger partial charge in [-0.2, -0.15) is 0 Å². The van der Waals surface area contributed by atoms with E-state index in [1.165, 1.54) is 19.4 Å². The van der Waals surface area contributed by atoms with Crippen molar-refractivity contribution < 1.29 is 48.3 Å². The minimum atomic E-state index is -1.40. The first-order chi connectivity index (χ1) is 32.7. The summed E-state index contributed by atoms with van der Waals surface area (Å²) in [5.41, 5.74) is 18.1. The highest BCUT2D eigenvalue weighted by atomic mass is 16.3. The fourth-order valence-corrected chi connectivity index (χ4v) is 7.52. The second kappa shape index (κ2) is 26.2. The standard InChI is InChI=1S/C47H73N13O10/c1-24(2)16-32(35(61)19-37(63)58-40(41(50)65)47(6,7)8)56-45(69)34(18-28-21-51-23-60(28)9)55-38(64)22-53-46(70)39(25(3)4)59-42(66)26(5)54-44(68)33(57-43(67)30(48)14-15-36(49)62)17-27-20-52-31-13-11-10-12-29(27)31/h10-13,20-21,23-26,30,32-35,39-40,52,61H,14-19,22,48H2,1-9H3,(H2,49,62)(H2,50,65)(H,53,70)(H,54,68)(H,55,64)(H,56,69)(H,57,67)(H,58,63)(H,59,66)/t26-,30-,32+,33-,34-,35+,39-,40?/m0/s1. The Morgan fingerprint density at radius 3 is 2.01 bits per heavy atom. The summed E-state index contributed by atoms with van der Waals surface area (Å²) >= 11 is 0. The fourth-order valence-electron chi connectivity index (χ4n) is 7.52. The molecule has 386 valence electrons. The van der Waals surface area contributed by atoms with Gasteiger partial charge in [0.05, 0.1) is 37.5 Å². The van der Waals surface area contributed by atoms with E-state index in [0.29, 0.717) is 11.3 Å². The zero-order chi connectivity index (χ0) is 52.6. The van der Waals surface area contributed by atoms with Gasteiger partial charge in [-0.15, -0.1) is 0 Å². The zero-order valence-corrected chi connectivity index (χ0v) is 41.5. The second-order valence-corrected chi connectivity index (χ2v) is 19.5. The molecule has 0 radical (unpaired) electrons. The normalized spacial score (nSPS) is 15.0. The highest BCUT2D eigenvalue weighted by Crippen LogP contribution is 2.21. The van der Waals surface area contributed by atoms with Crippen LogP contribution in [0.15, 0.2) is 43.0 Å². The highest BCUT2D eigenvalue weighted by molar-refractivity contribution is 5.96. The van der Waals surface area contributed by atoms with Gasteiger partial charge in [-0.05, 0) is 48.6 Å². The molecule has 15 N–H and O–H groups in total. The van der Waals surface area contributed by atoms with Crippen molar-refractivity contribution in [1.82, 2.24) is 51.8 Å². The Labute approximate surface area is 407 Å². The van der Waals surface area contributed by atoms with E-state index >= 15 is 0 Å². The monoisotopic (exact) mass is 980 g/mol. The van der Waals surface area contributed by atoms with Gasteiger partial charge in [0.25, 0.3) is 0 Å². The third-order valence-electron chi connectivity index (χ3n) is 11.5. The Morgan fingerprint density at radius 2 is 1.43 bits per heavy atom. The first-order valence-electron chi connectivity index (χ1n) is 23.3. The number of nitrogens with two attached hydrogens (primary N) is 3. The van der Waals surface area contributed by atoms with E-state index in [0.717, 1.165) is 10.9 Å². The van der Waals surface area contributed by atoms with Crippen LogP contribution in [0.3, 0.4) is 0 Å². The first kappa shape index (κ1) is 57.4. The number of carbonyl (C=O) groups is 9. The maximum atomic E-state index is 14.0. The van der Waals surface area contributed by atoms with Crippen molar-refractivity contribution in [3.8, 4) is 0 Å². The van der Waals surface area contributed by atoms with Crippen LogP contribution in [0, 0.1) is 17.3 Å². The predicted molar refractivity (Wildman–Crippen MR) is 259 cm³/mol. The summed E-state index contributed by atoms with van der Waals surface area (Å²) in [7, 11) is 1.70. The van der Waals surface area contributed by atoms with Gasteiger partial charge in [0, 0.05) is 55.3 Å². The van der Waals surface area contributed by atoms with Crippen LogP contribution in [0.2, 0.25) is 0 Å². The summed E-state index contributed by atoms with van der Waals surface area (Å²) in [6, 6.07) is -0.718. The van der Waals surface area contributed by atoms with Crippen LogP contribution in [-0.4, -0.2) is 128 Å². The van der Waals surface area contributed by atoms with Crippen molar-refractivity contribution in [2.45, 2.75) is 142 Å². The Morgan fingerprint density at radius 1 is 0.786 bits per heavy atom. The number of hydrogen-bond donors (Lipinski definition) is 12. The molecule has 0 fully saturated rings. The molecule has 2 aromatic heterocycles. The molecule has 1 unspecified atom stereocenters. The molecule has 2 heterocycles. The maximum Gasteiger partial charge on any atom is 0.243 e. The van der Waals surface area contributed by atoms with Crippen molar-refractivity contribution in [3.05, 3.63) is 54.2 Å². The molecular weight excluding hydrogens is 907 g/mol. The van der Waals surface area contributed by atoms with Crippen LogP contribution in [0.4, 0.5) is 0 Å². The molecule has 0 saturated carbocycles. The van der Waals surface area contributed by atoms with Crippen LogP contribution >= 0.6 is 0 Å². The number of fused-ring (bicyclic) bond motifs is 1. The lowest BCUT2D eigenvalue weighted by molar-refractivity contribution is -0.134. The number of hydrogen-bond acceptors (Lipinski definition) is 12. The number of benzene rings is 1. The van der Waals surface area contributed by atoms with Crippen molar-refractivity contribution in [3.63, 3.8) is 0 Å². The summed E-state index contributed by atoms with van der Waals surface area (Å²) in [4.78, 5) is 125. The lowest BCUT2D eigenvalue weighted by Crippen LogP contribution is -2.59. The van der Waals surface area contributed by atoms with Gasteiger partial charge in [0.2, 0.25) is 53.2 Å². The Hall–Kier alpha value is -6.88. The molecule has 23 heteroatoms. The van der Waals surface area contributed by atoms with Gasteiger partial charge in [-0.3, -0.25) is 43.2 Å². The SMILES string of the molecule is CC(C)C[C@@H](NC(=O)[C@H](Cc1cncn1C)NC(=O)CNC(=O)[C@@H](NC(=O)[C@H](C)NC(=O)[C@H](Cc1c[nH]c2ccccc12)NC(=O)[C@@H](N)CCC(N)=O)C(C)C)[C@H](O)CC(=O)NC(C(N)=O)C(C)(C)C. The van der Waals surface area contributed by atoms with E-state index in [1.807, 2.05) is 38.1 Å². The number of carbonyl (C=O) groups excluding carboxylic acids is 9. The van der Waals surface area contributed by atoms with Crippen molar-refractivity contribution in [1.29, 1.82) is 0 Å². The highest BCUT2D eigenvalue weighted by Gasteiger charge is 2.35. The van der Waals surface area contributed by atoms with Gasteiger partial charge in [-0.25, -0.2) is 4.98 Å². The molecule has 1 aromatic carbocycles. The third-order valence-corrected chi connectivity index (χ3v) is 11.5. The van der Waals surface area contributed by atoms with Gasteiger partial charge in [-0.1, -0.05) is 66.7 Å². The largest absolute Gasteiger partial charge is 0.390 e. The molecule has 0 aliphatic rings. The van der Waals surface area contributed by atoms with E-state index in [4.69, 9.17) is 17.2 Å². The summed E-state index contributed by atoms with van der Waals surface area (Å²) in [6.07, 6.45) is 2.81. The number of aryl methyl sites for hydroxylation is 1. The molecule has 0 spiro atoms. The van der Waals surface area contributed by atoms with Gasteiger partial charge in [0.15, 0.2) is 0 Å². The molecule has 0 aliphatic carbocycles. The van der Waals surface area contributed by atoms with Gasteiger partial charge >= 0.3 is 0 Å². The molecule has 9 amide bonds. The zero-order valence-electron chi connectivity index (χ0n) is 41.5. The van der Waals surface area contributed by atoms with Crippen LogP contribution < -0.4 is 54.4 Å². The lowest BCUT2D eigenvalue weighted by atomic mass is 9.86. The molecule has 3 aromatic rings. The minimum Gasteiger partial charge on any atom is -0.390 e. The molecule has 23 nitrogen and oxygen atoms in total. The lowest BCUT2D eigenvalue weighted by Gasteiger charge is -2.31. The fraction of sp³-hybridized carbons (Fsp3) is 0.574. The number of imidazole rings is 1. The number of aliphatic hydroxyl groups is 1. The van der Waals surface area contributed by atoms with Gasteiger partial charge in [0.1, 0.15) is 30.2 Å². The number of primary amides is 2. The predicted octanol–water partition coefficient (Wildman–Crippen LogP) is -1.69. The van der Waals surface area contributed by atoms with Crippen molar-refractivity contribution in [2.24, 2.45) is 41.5 Å². The summed E-state index contributed by atoms with van der Waals surface area (Å²) in [5, 5.41) is 30.4. The maximum absolute atomic E-state index is 14.0. The molecule has 70 heavy (non-hydrogen) atoms. The number of nitrogens with one attached hydrogen (secondary N) is 8. The Balaban J connectivity index is 1.70. The number of aliphatic hydroxyl groups excluding tert-OH is 1. The Bertz CT molecular complexity index is 2320. The van der Waals surface area contributed by atoms with Crippen LogP contribution in [0.25, 0.3) is 10.9 Å². The first-order valence-corrected chi connectivity index (χ1v) is 23.3. The second-order valence-electron chi connectivity index (χ2n) is 19.5. The van der Waals surface area contributed by atoms with Crippen molar-refractivity contribution in [2.75, 3.05) is 6.54 Å². The number of aromatic amines is 1. The molecule has 0 aliphatic heterocycles. The van der Waals surface area contributed by atoms with Gasteiger partial charge < -0.3 is 69.1 Å². The van der Waals surface area contributed by atoms with E-state index < -0.39 is 126 Å². The van der Waals surface area contributed by atoms with Crippen LogP contribution in [0.1, 0.15) is 92.3 Å².